The van der Waals surface area contributed by atoms with Gasteiger partial charge >= 0.3 is 0 Å². The Morgan fingerprint density at radius 3 is 2.82 bits per heavy atom. The van der Waals surface area contributed by atoms with Gasteiger partial charge in [-0.15, -0.1) is 0 Å². The Hall–Kier alpha value is -2.20. The van der Waals surface area contributed by atoms with E-state index in [4.69, 9.17) is 14.2 Å². The molecule has 1 heterocycles. The predicted octanol–water partition coefficient (Wildman–Crippen LogP) is 5.82. The van der Waals surface area contributed by atoms with E-state index in [1.165, 1.54) is 24.8 Å². The standard InChI is InChI=1S/C24H33NO3/c1-2-3-4-7-15-27-24-14-6-5-10-20(24)18-25-21-11-8-12-22(17-21)28-19-23-13-9-16-26-23/h5-6,8,10-12,14,17,23,25H,2-4,7,9,13,15-16,18-19H2,1H3/t23-/m0/s1. The van der Waals surface area contributed by atoms with Crippen molar-refractivity contribution in [2.45, 2.75) is 58.1 Å². The zero-order valence-corrected chi connectivity index (χ0v) is 17.0. The minimum atomic E-state index is 0.234. The first kappa shape index (κ1) is 20.5. The zero-order valence-electron chi connectivity index (χ0n) is 17.0. The van der Waals surface area contributed by atoms with Gasteiger partial charge in [-0.2, -0.15) is 0 Å². The highest BCUT2D eigenvalue weighted by Crippen LogP contribution is 2.23. The minimum Gasteiger partial charge on any atom is -0.493 e. The highest BCUT2D eigenvalue weighted by Gasteiger charge is 2.16. The van der Waals surface area contributed by atoms with Gasteiger partial charge in [0.05, 0.1) is 12.7 Å². The smallest absolute Gasteiger partial charge is 0.124 e. The summed E-state index contributed by atoms with van der Waals surface area (Å²) in [4.78, 5) is 0. The van der Waals surface area contributed by atoms with E-state index in [1.54, 1.807) is 0 Å². The molecule has 2 aromatic carbocycles. The molecule has 3 rings (SSSR count). The normalized spacial score (nSPS) is 16.1. The molecule has 0 aromatic heterocycles. The molecule has 2 aromatic rings. The Morgan fingerprint density at radius 1 is 1.04 bits per heavy atom. The zero-order chi connectivity index (χ0) is 19.4. The summed E-state index contributed by atoms with van der Waals surface area (Å²) in [5.41, 5.74) is 2.21. The van der Waals surface area contributed by atoms with E-state index in [1.807, 2.05) is 24.3 Å². The van der Waals surface area contributed by atoms with Crippen LogP contribution in [0.1, 0.15) is 51.0 Å². The van der Waals surface area contributed by atoms with Gasteiger partial charge in [0.2, 0.25) is 0 Å². The van der Waals surface area contributed by atoms with E-state index < -0.39 is 0 Å². The molecule has 0 bridgehead atoms. The van der Waals surface area contributed by atoms with Crippen molar-refractivity contribution in [3.63, 3.8) is 0 Å². The van der Waals surface area contributed by atoms with Crippen LogP contribution < -0.4 is 14.8 Å². The van der Waals surface area contributed by atoms with Gasteiger partial charge in [0.25, 0.3) is 0 Å². The second kappa shape index (κ2) is 11.6. The fourth-order valence-electron chi connectivity index (χ4n) is 3.36. The average molecular weight is 384 g/mol. The fraction of sp³-hybridized carbons (Fsp3) is 0.500. The number of rotatable bonds is 12. The predicted molar refractivity (Wildman–Crippen MR) is 114 cm³/mol. The van der Waals surface area contributed by atoms with Crippen LogP contribution in [0.15, 0.2) is 48.5 Å². The van der Waals surface area contributed by atoms with Crippen molar-refractivity contribution >= 4 is 5.69 Å². The second-order valence-corrected chi connectivity index (χ2v) is 7.34. The number of hydrogen-bond donors (Lipinski definition) is 1. The van der Waals surface area contributed by atoms with Gasteiger partial charge in [0.1, 0.15) is 18.1 Å². The molecule has 1 aliphatic rings. The molecule has 0 saturated carbocycles. The number of para-hydroxylation sites is 1. The van der Waals surface area contributed by atoms with Crippen LogP contribution in [0.5, 0.6) is 11.5 Å². The molecule has 0 amide bonds. The molecule has 1 aliphatic heterocycles. The van der Waals surface area contributed by atoms with Gasteiger partial charge in [-0.1, -0.05) is 50.5 Å². The molecule has 1 atom stereocenters. The quantitative estimate of drug-likeness (QED) is 0.469. The number of anilines is 1. The van der Waals surface area contributed by atoms with Crippen LogP contribution >= 0.6 is 0 Å². The first-order valence-corrected chi connectivity index (χ1v) is 10.6. The lowest BCUT2D eigenvalue weighted by Crippen LogP contribution is -2.16. The molecular formula is C24H33NO3. The second-order valence-electron chi connectivity index (χ2n) is 7.34. The van der Waals surface area contributed by atoms with Gasteiger partial charge in [-0.05, 0) is 37.5 Å². The average Bonchev–Trinajstić information content (AvgIpc) is 3.25. The molecule has 0 spiro atoms. The molecule has 1 N–H and O–H groups in total. The van der Waals surface area contributed by atoms with Gasteiger partial charge in [-0.25, -0.2) is 0 Å². The summed E-state index contributed by atoms with van der Waals surface area (Å²) >= 11 is 0. The monoisotopic (exact) mass is 383 g/mol. The maximum atomic E-state index is 6.01. The first-order chi connectivity index (χ1) is 13.8. The van der Waals surface area contributed by atoms with Crippen molar-refractivity contribution in [1.29, 1.82) is 0 Å². The van der Waals surface area contributed by atoms with E-state index in [0.717, 1.165) is 56.2 Å². The van der Waals surface area contributed by atoms with Gasteiger partial charge in [0.15, 0.2) is 0 Å². The molecular weight excluding hydrogens is 350 g/mol. The number of hydrogen-bond acceptors (Lipinski definition) is 4. The van der Waals surface area contributed by atoms with Crippen LogP contribution in [0.25, 0.3) is 0 Å². The maximum absolute atomic E-state index is 6.01. The van der Waals surface area contributed by atoms with Crippen molar-refractivity contribution < 1.29 is 14.2 Å². The Labute approximate surface area is 169 Å². The lowest BCUT2D eigenvalue weighted by Gasteiger charge is -2.14. The first-order valence-electron chi connectivity index (χ1n) is 10.6. The van der Waals surface area contributed by atoms with E-state index in [2.05, 4.69) is 36.5 Å². The molecule has 0 radical (unpaired) electrons. The molecule has 152 valence electrons. The largest absolute Gasteiger partial charge is 0.493 e. The molecule has 0 unspecified atom stereocenters. The summed E-state index contributed by atoms with van der Waals surface area (Å²) in [7, 11) is 0. The highest BCUT2D eigenvalue weighted by molar-refractivity contribution is 5.49. The van der Waals surface area contributed by atoms with Crippen LogP contribution in [0.3, 0.4) is 0 Å². The molecule has 1 saturated heterocycles. The maximum Gasteiger partial charge on any atom is 0.124 e. The summed E-state index contributed by atoms with van der Waals surface area (Å²) in [5, 5.41) is 3.49. The van der Waals surface area contributed by atoms with Crippen molar-refractivity contribution in [2.75, 3.05) is 25.1 Å². The number of nitrogens with one attached hydrogen (secondary N) is 1. The third-order valence-electron chi connectivity index (χ3n) is 5.00. The fourth-order valence-corrected chi connectivity index (χ4v) is 3.36. The van der Waals surface area contributed by atoms with Crippen LogP contribution in [0.4, 0.5) is 5.69 Å². The summed E-state index contributed by atoms with van der Waals surface area (Å²) in [5.74, 6) is 1.85. The van der Waals surface area contributed by atoms with Gasteiger partial charge in [0, 0.05) is 30.5 Å². The Balaban J connectivity index is 1.48. The van der Waals surface area contributed by atoms with Crippen LogP contribution in [0.2, 0.25) is 0 Å². The van der Waals surface area contributed by atoms with Crippen molar-refractivity contribution in [2.24, 2.45) is 0 Å². The topological polar surface area (TPSA) is 39.7 Å². The number of ether oxygens (including phenoxy) is 3. The highest BCUT2D eigenvalue weighted by atomic mass is 16.5. The van der Waals surface area contributed by atoms with Crippen molar-refractivity contribution in [1.82, 2.24) is 0 Å². The van der Waals surface area contributed by atoms with Crippen molar-refractivity contribution in [3.8, 4) is 11.5 Å². The van der Waals surface area contributed by atoms with E-state index in [0.29, 0.717) is 6.61 Å². The Morgan fingerprint density at radius 2 is 1.96 bits per heavy atom. The molecule has 4 nitrogen and oxygen atoms in total. The van der Waals surface area contributed by atoms with Crippen LogP contribution in [-0.4, -0.2) is 25.9 Å². The van der Waals surface area contributed by atoms with E-state index in [9.17, 15) is 0 Å². The Kier molecular flexibility index (Phi) is 8.51. The van der Waals surface area contributed by atoms with Crippen LogP contribution in [0, 0.1) is 0 Å². The lowest BCUT2D eigenvalue weighted by molar-refractivity contribution is 0.0680. The van der Waals surface area contributed by atoms with E-state index >= 15 is 0 Å². The molecule has 1 fully saturated rings. The van der Waals surface area contributed by atoms with Gasteiger partial charge < -0.3 is 19.5 Å². The third-order valence-corrected chi connectivity index (χ3v) is 5.00. The lowest BCUT2D eigenvalue weighted by atomic mass is 10.2. The van der Waals surface area contributed by atoms with Crippen molar-refractivity contribution in [3.05, 3.63) is 54.1 Å². The third kappa shape index (κ3) is 6.75. The molecule has 4 heteroatoms. The van der Waals surface area contributed by atoms with E-state index in [-0.39, 0.29) is 6.10 Å². The SMILES string of the molecule is CCCCCCOc1ccccc1CNc1cccc(OC[C@@H]2CCCO2)c1. The summed E-state index contributed by atoms with van der Waals surface area (Å²) in [6, 6.07) is 16.4. The number of unbranched alkanes of at least 4 members (excludes halogenated alkanes) is 3. The summed E-state index contributed by atoms with van der Waals surface area (Å²) in [6.45, 7) is 5.21. The van der Waals surface area contributed by atoms with Crippen LogP contribution in [-0.2, 0) is 11.3 Å². The summed E-state index contributed by atoms with van der Waals surface area (Å²) in [6.07, 6.45) is 7.32. The molecule has 0 aliphatic carbocycles. The molecule has 28 heavy (non-hydrogen) atoms. The summed E-state index contributed by atoms with van der Waals surface area (Å²) < 4.78 is 17.5. The Bertz CT molecular complexity index is 698. The van der Waals surface area contributed by atoms with Gasteiger partial charge in [-0.3, -0.25) is 0 Å². The minimum absolute atomic E-state index is 0.234. The number of benzene rings is 2.